The summed E-state index contributed by atoms with van der Waals surface area (Å²) < 4.78 is 60.2. The van der Waals surface area contributed by atoms with Crippen LogP contribution in [0.5, 0.6) is 23.0 Å². The van der Waals surface area contributed by atoms with E-state index in [0.717, 1.165) is 22.3 Å². The van der Waals surface area contributed by atoms with E-state index in [0.29, 0.717) is 23.0 Å². The van der Waals surface area contributed by atoms with Crippen molar-refractivity contribution in [2.75, 3.05) is 34.2 Å². The Labute approximate surface area is 268 Å². The van der Waals surface area contributed by atoms with Crippen molar-refractivity contribution in [1.82, 2.24) is 0 Å². The van der Waals surface area contributed by atoms with Crippen molar-refractivity contribution in [2.45, 2.75) is 89.2 Å². The maximum absolute atomic E-state index is 13.6. The normalized spacial score (nSPS) is 34.7. The summed E-state index contributed by atoms with van der Waals surface area (Å²) in [6.45, 7) is 9.85. The molecule has 1 aliphatic carbocycles. The molecular formula is C34H42O12. The Hall–Kier alpha value is -3.13. The van der Waals surface area contributed by atoms with Crippen LogP contribution in [0.25, 0.3) is 0 Å². The van der Waals surface area contributed by atoms with Crippen molar-refractivity contribution in [2.24, 2.45) is 11.8 Å². The zero-order chi connectivity index (χ0) is 32.5. The number of esters is 1. The average Bonchev–Trinajstić information content (AvgIpc) is 3.64. The highest BCUT2D eigenvalue weighted by Crippen LogP contribution is 2.56. The van der Waals surface area contributed by atoms with E-state index in [1.807, 2.05) is 52.0 Å². The summed E-state index contributed by atoms with van der Waals surface area (Å²) in [5.74, 6) is 0.654. The van der Waals surface area contributed by atoms with Gasteiger partial charge in [-0.1, -0.05) is 0 Å². The summed E-state index contributed by atoms with van der Waals surface area (Å²) in [5.41, 5.74) is 2.66. The first kappa shape index (κ1) is 31.5. The van der Waals surface area contributed by atoms with Crippen LogP contribution in [0, 0.1) is 18.8 Å². The van der Waals surface area contributed by atoms with Gasteiger partial charge in [-0.3, -0.25) is 4.79 Å². The lowest BCUT2D eigenvalue weighted by atomic mass is 9.66. The molecule has 4 heterocycles. The third-order valence-electron chi connectivity index (χ3n) is 9.48. The van der Waals surface area contributed by atoms with Crippen LogP contribution in [-0.4, -0.2) is 87.9 Å². The number of cyclic esters (lactones) is 1. The molecule has 3 fully saturated rings. The topological polar surface area (TPSA) is 130 Å². The number of benzene rings is 2. The molecule has 12 heteroatoms. The molecule has 1 N–H and O–H groups in total. The number of carbonyl (C=O) groups is 1. The maximum Gasteiger partial charge on any atom is 0.310 e. The first-order valence-corrected chi connectivity index (χ1v) is 15.7. The predicted octanol–water partition coefficient (Wildman–Crippen LogP) is 3.76. The van der Waals surface area contributed by atoms with Gasteiger partial charge >= 0.3 is 5.97 Å². The van der Waals surface area contributed by atoms with Crippen LogP contribution in [-0.2, 0) is 33.2 Å². The number of ether oxygens (including phenoxy) is 10. The second-order valence-electron chi connectivity index (χ2n) is 13.5. The second kappa shape index (κ2) is 11.8. The number of aliphatic hydroxyl groups excluding tert-OH is 1. The number of carbonyl (C=O) groups excluding carboxylic acids is 1. The fourth-order valence-corrected chi connectivity index (χ4v) is 7.45. The van der Waals surface area contributed by atoms with E-state index in [1.165, 1.54) is 0 Å². The Morgan fingerprint density at radius 2 is 1.59 bits per heavy atom. The van der Waals surface area contributed by atoms with Crippen molar-refractivity contribution in [3.8, 4) is 23.0 Å². The fraction of sp³-hybridized carbons (Fsp3) is 0.618. The van der Waals surface area contributed by atoms with E-state index in [1.54, 1.807) is 21.1 Å². The minimum absolute atomic E-state index is 0.0798. The Kier molecular flexibility index (Phi) is 8.10. The van der Waals surface area contributed by atoms with Crippen LogP contribution in [0.4, 0.5) is 0 Å². The SMILES string of the molecule is COc1cc([C@@H]2c3cc4c(cc3[C@@H](OC3O[C@@H]5CO[C@@H](C)O[C@H]5[C@H](O)[C@H]3OC(C)(C)C)C3COC(=O)[C@@H]32)OCO4)cc(OC)c1C. The first-order chi connectivity index (χ1) is 22.0. The van der Waals surface area contributed by atoms with Gasteiger partial charge in [0.2, 0.25) is 6.79 Å². The van der Waals surface area contributed by atoms with E-state index >= 15 is 0 Å². The van der Waals surface area contributed by atoms with Crippen molar-refractivity contribution in [1.29, 1.82) is 0 Å². The molecule has 0 aromatic heterocycles. The lowest BCUT2D eigenvalue weighted by Crippen LogP contribution is -2.64. The van der Waals surface area contributed by atoms with Crippen LogP contribution in [0.1, 0.15) is 62.0 Å². The minimum Gasteiger partial charge on any atom is -0.496 e. The smallest absolute Gasteiger partial charge is 0.310 e. The first-order valence-electron chi connectivity index (χ1n) is 15.7. The van der Waals surface area contributed by atoms with Gasteiger partial charge in [0.05, 0.1) is 45.1 Å². The van der Waals surface area contributed by atoms with Gasteiger partial charge in [0.1, 0.15) is 35.9 Å². The molecule has 2 unspecified atom stereocenters. The average molecular weight is 643 g/mol. The molecular weight excluding hydrogens is 600 g/mol. The van der Waals surface area contributed by atoms with Gasteiger partial charge < -0.3 is 52.5 Å². The van der Waals surface area contributed by atoms with Gasteiger partial charge in [0, 0.05) is 17.4 Å². The summed E-state index contributed by atoms with van der Waals surface area (Å²) in [5, 5.41) is 11.6. The molecule has 0 radical (unpaired) electrons. The minimum atomic E-state index is -1.06. The van der Waals surface area contributed by atoms with E-state index in [-0.39, 0.29) is 26.0 Å². The second-order valence-corrected chi connectivity index (χ2v) is 13.5. The van der Waals surface area contributed by atoms with Crippen molar-refractivity contribution >= 4 is 5.97 Å². The number of methoxy groups -OCH3 is 2. The summed E-state index contributed by atoms with van der Waals surface area (Å²) in [4.78, 5) is 13.6. The van der Waals surface area contributed by atoms with Crippen molar-refractivity contribution in [3.05, 3.63) is 46.5 Å². The predicted molar refractivity (Wildman–Crippen MR) is 160 cm³/mol. The zero-order valence-corrected chi connectivity index (χ0v) is 27.1. The molecule has 0 bridgehead atoms. The van der Waals surface area contributed by atoms with Crippen LogP contribution in [0.3, 0.4) is 0 Å². The van der Waals surface area contributed by atoms with Crippen molar-refractivity contribution < 1.29 is 57.3 Å². The quantitative estimate of drug-likeness (QED) is 0.461. The standard InChI is InChI=1S/C34H42O12/c1-15-21(37-6)8-17(9-22(15)38-7)26-18-10-23-24(42-14-41-23)11-19(18)29(20-12-40-32(36)27(20)26)45-33-31(46-34(3,4)5)28(35)30-25(44-33)13-39-16(2)43-30/h8-11,16,20,25-31,33,35H,12-14H2,1-7H3/t16-,20?,25-,26-,27+,28+,29-,30-,31-,33?/m1/s1. The Morgan fingerprint density at radius 3 is 2.24 bits per heavy atom. The number of fused-ring (bicyclic) bond motifs is 4. The molecule has 3 saturated heterocycles. The van der Waals surface area contributed by atoms with Crippen LogP contribution in [0.15, 0.2) is 24.3 Å². The molecule has 7 rings (SSSR count). The Morgan fingerprint density at radius 1 is 0.913 bits per heavy atom. The number of aliphatic hydroxyl groups is 1. The van der Waals surface area contributed by atoms with Crippen LogP contribution < -0.4 is 18.9 Å². The van der Waals surface area contributed by atoms with Gasteiger partial charge in [0.25, 0.3) is 0 Å². The van der Waals surface area contributed by atoms with Gasteiger partial charge in [-0.15, -0.1) is 0 Å². The van der Waals surface area contributed by atoms with E-state index < -0.39 is 66.5 Å². The highest BCUT2D eigenvalue weighted by molar-refractivity contribution is 5.79. The van der Waals surface area contributed by atoms with Crippen LogP contribution in [0.2, 0.25) is 0 Å². The van der Waals surface area contributed by atoms with E-state index in [2.05, 4.69) is 0 Å². The third kappa shape index (κ3) is 5.38. The maximum atomic E-state index is 13.6. The highest BCUT2D eigenvalue weighted by Gasteiger charge is 2.56. The summed E-state index contributed by atoms with van der Waals surface area (Å²) >= 11 is 0. The largest absolute Gasteiger partial charge is 0.496 e. The lowest BCUT2D eigenvalue weighted by Gasteiger charge is -2.50. The molecule has 10 atom stereocenters. The molecule has 250 valence electrons. The molecule has 12 nitrogen and oxygen atoms in total. The molecule has 2 aromatic rings. The molecule has 46 heavy (non-hydrogen) atoms. The molecule has 0 amide bonds. The van der Waals surface area contributed by atoms with Gasteiger partial charge in [-0.2, -0.15) is 0 Å². The Bertz CT molecular complexity index is 1460. The number of hydrogen-bond acceptors (Lipinski definition) is 12. The fourth-order valence-electron chi connectivity index (χ4n) is 7.45. The van der Waals surface area contributed by atoms with Gasteiger partial charge in [0.15, 0.2) is 24.1 Å². The lowest BCUT2D eigenvalue weighted by molar-refractivity contribution is -0.376. The van der Waals surface area contributed by atoms with Crippen LogP contribution >= 0.6 is 0 Å². The van der Waals surface area contributed by atoms with E-state index in [9.17, 15) is 9.90 Å². The molecule has 5 aliphatic rings. The van der Waals surface area contributed by atoms with Gasteiger partial charge in [-0.25, -0.2) is 0 Å². The summed E-state index contributed by atoms with van der Waals surface area (Å²) in [7, 11) is 3.22. The molecule has 0 saturated carbocycles. The number of rotatable bonds is 6. The molecule has 0 spiro atoms. The van der Waals surface area contributed by atoms with E-state index in [4.69, 9.17) is 47.4 Å². The molecule has 2 aromatic carbocycles. The van der Waals surface area contributed by atoms with Gasteiger partial charge in [-0.05, 0) is 75.6 Å². The zero-order valence-electron chi connectivity index (χ0n) is 27.1. The molecule has 4 aliphatic heterocycles. The summed E-state index contributed by atoms with van der Waals surface area (Å²) in [6.07, 6.45) is -5.42. The summed E-state index contributed by atoms with van der Waals surface area (Å²) in [6, 6.07) is 7.71. The monoisotopic (exact) mass is 642 g/mol. The Balaban J connectivity index is 1.33. The van der Waals surface area contributed by atoms with Crippen molar-refractivity contribution in [3.63, 3.8) is 0 Å². The third-order valence-corrected chi connectivity index (χ3v) is 9.48. The number of hydrogen-bond donors (Lipinski definition) is 1. The highest BCUT2D eigenvalue weighted by atomic mass is 16.8.